The van der Waals surface area contributed by atoms with Gasteiger partial charge in [0.25, 0.3) is 0 Å². The number of benzene rings is 1. The van der Waals surface area contributed by atoms with E-state index in [-0.39, 0.29) is 11.2 Å². The van der Waals surface area contributed by atoms with E-state index in [1.165, 1.54) is 23.1 Å². The van der Waals surface area contributed by atoms with Crippen LogP contribution in [0, 0.1) is 5.92 Å². The summed E-state index contributed by atoms with van der Waals surface area (Å²) in [6, 6.07) is 7.65. The molecule has 2 rings (SSSR count). The molecule has 0 aliphatic heterocycles. The minimum Gasteiger partial charge on any atom is -0.496 e. The number of methoxy groups -OCH3 is 1. The summed E-state index contributed by atoms with van der Waals surface area (Å²) >= 11 is 2.88. The number of amides is 1. The van der Waals surface area contributed by atoms with Gasteiger partial charge in [0, 0.05) is 18.7 Å². The molecule has 0 saturated heterocycles. The van der Waals surface area contributed by atoms with E-state index in [0.717, 1.165) is 27.3 Å². The van der Waals surface area contributed by atoms with Gasteiger partial charge in [0.05, 0.1) is 12.4 Å². The van der Waals surface area contributed by atoms with Crippen molar-refractivity contribution in [3.63, 3.8) is 0 Å². The SMILES string of the molecule is COc1ccccc1CNC(=O)C(C)Sc1nnc(NCC(C)C)s1. The first-order chi connectivity index (χ1) is 12.0. The molecular weight excluding hydrogens is 356 g/mol. The lowest BCUT2D eigenvalue weighted by Crippen LogP contribution is -2.30. The first-order valence-corrected chi connectivity index (χ1v) is 9.82. The minimum atomic E-state index is -0.249. The summed E-state index contributed by atoms with van der Waals surface area (Å²) in [5.74, 6) is 1.27. The van der Waals surface area contributed by atoms with Crippen LogP contribution in [0.15, 0.2) is 28.6 Å². The highest BCUT2D eigenvalue weighted by atomic mass is 32.2. The number of nitrogens with one attached hydrogen (secondary N) is 2. The number of ether oxygens (including phenoxy) is 1. The summed E-state index contributed by atoms with van der Waals surface area (Å²) in [6.07, 6.45) is 0. The Kier molecular flexibility index (Phi) is 7.52. The lowest BCUT2D eigenvalue weighted by Gasteiger charge is -2.12. The summed E-state index contributed by atoms with van der Waals surface area (Å²) in [4.78, 5) is 12.3. The quantitative estimate of drug-likeness (QED) is 0.649. The summed E-state index contributed by atoms with van der Waals surface area (Å²) in [5.41, 5.74) is 0.951. The molecule has 0 spiro atoms. The van der Waals surface area contributed by atoms with Crippen LogP contribution in [0.4, 0.5) is 5.13 Å². The third-order valence-electron chi connectivity index (χ3n) is 3.36. The van der Waals surface area contributed by atoms with Crippen LogP contribution in [0.2, 0.25) is 0 Å². The zero-order valence-electron chi connectivity index (χ0n) is 14.9. The molecule has 0 aliphatic carbocycles. The van der Waals surface area contributed by atoms with Gasteiger partial charge in [0.15, 0.2) is 4.34 Å². The van der Waals surface area contributed by atoms with Crippen molar-refractivity contribution in [3.05, 3.63) is 29.8 Å². The Morgan fingerprint density at radius 3 is 2.76 bits per heavy atom. The van der Waals surface area contributed by atoms with Crippen LogP contribution in [0.5, 0.6) is 5.75 Å². The number of aromatic nitrogens is 2. The smallest absolute Gasteiger partial charge is 0.233 e. The third kappa shape index (κ3) is 6.21. The fourth-order valence-corrected chi connectivity index (χ4v) is 3.93. The van der Waals surface area contributed by atoms with Crippen molar-refractivity contribution in [1.82, 2.24) is 15.5 Å². The molecule has 1 unspecified atom stereocenters. The maximum absolute atomic E-state index is 12.3. The summed E-state index contributed by atoms with van der Waals surface area (Å²) in [5, 5.41) is 15.0. The number of carbonyl (C=O) groups excluding carboxylic acids is 1. The molecule has 1 atom stereocenters. The molecule has 1 amide bonds. The molecule has 0 saturated carbocycles. The van der Waals surface area contributed by atoms with E-state index in [4.69, 9.17) is 4.74 Å². The van der Waals surface area contributed by atoms with Crippen LogP contribution in [-0.4, -0.2) is 35.0 Å². The van der Waals surface area contributed by atoms with E-state index in [0.29, 0.717) is 12.5 Å². The number of anilines is 1. The average molecular weight is 381 g/mol. The van der Waals surface area contributed by atoms with Gasteiger partial charge in [-0.3, -0.25) is 4.79 Å². The number of hydrogen-bond acceptors (Lipinski definition) is 7. The first kappa shape index (κ1) is 19.5. The van der Waals surface area contributed by atoms with Crippen molar-refractivity contribution in [1.29, 1.82) is 0 Å². The van der Waals surface area contributed by atoms with Crippen molar-refractivity contribution >= 4 is 34.1 Å². The van der Waals surface area contributed by atoms with Gasteiger partial charge < -0.3 is 15.4 Å². The Morgan fingerprint density at radius 2 is 2.04 bits per heavy atom. The molecule has 25 heavy (non-hydrogen) atoms. The normalized spacial score (nSPS) is 12.0. The molecular formula is C17H24N4O2S2. The van der Waals surface area contributed by atoms with Crippen molar-refractivity contribution < 1.29 is 9.53 Å². The highest BCUT2D eigenvalue weighted by Crippen LogP contribution is 2.29. The predicted octanol–water partition coefficient (Wildman–Crippen LogP) is 3.41. The standard InChI is InChI=1S/C17H24N4O2S2/c1-11(2)9-19-16-20-21-17(25-16)24-12(3)15(22)18-10-13-7-5-6-8-14(13)23-4/h5-8,11-12H,9-10H2,1-4H3,(H,18,22)(H,19,20). The second-order valence-corrected chi connectivity index (χ2v) is 8.50. The number of carbonyl (C=O) groups is 1. The van der Waals surface area contributed by atoms with Crippen LogP contribution in [-0.2, 0) is 11.3 Å². The van der Waals surface area contributed by atoms with Gasteiger partial charge in [-0.25, -0.2) is 0 Å². The lowest BCUT2D eigenvalue weighted by atomic mass is 10.2. The molecule has 8 heteroatoms. The monoisotopic (exact) mass is 380 g/mol. The maximum Gasteiger partial charge on any atom is 0.233 e. The fourth-order valence-electron chi connectivity index (χ4n) is 2.00. The third-order valence-corrected chi connectivity index (χ3v) is 5.43. The van der Waals surface area contributed by atoms with Crippen molar-refractivity contribution in [2.75, 3.05) is 19.0 Å². The van der Waals surface area contributed by atoms with Crippen molar-refractivity contribution in [3.8, 4) is 5.75 Å². The predicted molar refractivity (Wildman–Crippen MR) is 103 cm³/mol. The number of hydrogen-bond donors (Lipinski definition) is 2. The first-order valence-electron chi connectivity index (χ1n) is 8.13. The van der Waals surface area contributed by atoms with Gasteiger partial charge >= 0.3 is 0 Å². The van der Waals surface area contributed by atoms with E-state index >= 15 is 0 Å². The van der Waals surface area contributed by atoms with Gasteiger partial charge in [-0.15, -0.1) is 10.2 Å². The molecule has 1 heterocycles. The van der Waals surface area contributed by atoms with Gasteiger partial charge in [-0.2, -0.15) is 0 Å². The van der Waals surface area contributed by atoms with Gasteiger partial charge in [-0.1, -0.05) is 55.1 Å². The molecule has 136 valence electrons. The van der Waals surface area contributed by atoms with Crippen molar-refractivity contribution in [2.45, 2.75) is 36.9 Å². The Labute approximate surface area is 156 Å². The largest absolute Gasteiger partial charge is 0.496 e. The molecule has 2 aromatic rings. The van der Waals surface area contributed by atoms with Crippen LogP contribution in [0.3, 0.4) is 0 Å². The number of nitrogens with zero attached hydrogens (tertiary/aromatic N) is 2. The Balaban J connectivity index is 1.84. The molecule has 1 aromatic heterocycles. The number of para-hydroxylation sites is 1. The van der Waals surface area contributed by atoms with Crippen molar-refractivity contribution in [2.24, 2.45) is 5.92 Å². The van der Waals surface area contributed by atoms with Crippen LogP contribution < -0.4 is 15.4 Å². The van der Waals surface area contributed by atoms with E-state index in [1.54, 1.807) is 7.11 Å². The molecule has 0 aliphatic rings. The van der Waals surface area contributed by atoms with Gasteiger partial charge in [0.2, 0.25) is 11.0 Å². The highest BCUT2D eigenvalue weighted by molar-refractivity contribution is 8.02. The lowest BCUT2D eigenvalue weighted by molar-refractivity contribution is -0.120. The van der Waals surface area contributed by atoms with E-state index < -0.39 is 0 Å². The minimum absolute atomic E-state index is 0.0391. The van der Waals surface area contributed by atoms with E-state index in [1.807, 2.05) is 31.2 Å². The maximum atomic E-state index is 12.3. The Morgan fingerprint density at radius 1 is 1.28 bits per heavy atom. The van der Waals surface area contributed by atoms with E-state index in [9.17, 15) is 4.79 Å². The number of rotatable bonds is 9. The fraction of sp³-hybridized carbons (Fsp3) is 0.471. The topological polar surface area (TPSA) is 76.1 Å². The molecule has 0 radical (unpaired) electrons. The highest BCUT2D eigenvalue weighted by Gasteiger charge is 2.17. The second kappa shape index (κ2) is 9.62. The van der Waals surface area contributed by atoms with E-state index in [2.05, 4.69) is 34.7 Å². The zero-order chi connectivity index (χ0) is 18.2. The Bertz CT molecular complexity index is 691. The van der Waals surface area contributed by atoms with Crippen LogP contribution >= 0.6 is 23.1 Å². The second-order valence-electron chi connectivity index (χ2n) is 5.94. The average Bonchev–Trinajstić information content (AvgIpc) is 3.05. The van der Waals surface area contributed by atoms with Crippen LogP contribution in [0.1, 0.15) is 26.3 Å². The summed E-state index contributed by atoms with van der Waals surface area (Å²) < 4.78 is 6.08. The zero-order valence-corrected chi connectivity index (χ0v) is 16.5. The summed E-state index contributed by atoms with van der Waals surface area (Å²) in [7, 11) is 1.62. The molecule has 0 fully saturated rings. The Hall–Kier alpha value is -1.80. The number of thioether (sulfide) groups is 1. The van der Waals surface area contributed by atoms with Crippen LogP contribution in [0.25, 0.3) is 0 Å². The molecule has 0 bridgehead atoms. The molecule has 2 N–H and O–H groups in total. The molecule has 6 nitrogen and oxygen atoms in total. The van der Waals surface area contributed by atoms with Gasteiger partial charge in [0.1, 0.15) is 5.75 Å². The summed E-state index contributed by atoms with van der Waals surface area (Å²) in [6.45, 7) is 7.43. The van der Waals surface area contributed by atoms with Gasteiger partial charge in [-0.05, 0) is 18.9 Å². The molecule has 1 aromatic carbocycles.